The molecule has 0 aliphatic carbocycles. The molecule has 1 heterocycles. The SMILES string of the molecule is CCCC1CCN(C(CN)CCc2ccccc2)CC1. The highest BCUT2D eigenvalue weighted by atomic mass is 15.2. The monoisotopic (exact) mass is 274 g/mol. The zero-order valence-electron chi connectivity index (χ0n) is 12.9. The zero-order valence-corrected chi connectivity index (χ0v) is 12.9. The van der Waals surface area contributed by atoms with E-state index in [2.05, 4.69) is 42.2 Å². The van der Waals surface area contributed by atoms with Crippen molar-refractivity contribution in [2.24, 2.45) is 11.7 Å². The summed E-state index contributed by atoms with van der Waals surface area (Å²) < 4.78 is 0. The number of likely N-dealkylation sites (tertiary alicyclic amines) is 1. The third-order valence-electron chi connectivity index (χ3n) is 4.74. The maximum absolute atomic E-state index is 6.02. The van der Waals surface area contributed by atoms with Gasteiger partial charge in [-0.25, -0.2) is 0 Å². The quantitative estimate of drug-likeness (QED) is 0.825. The van der Waals surface area contributed by atoms with Gasteiger partial charge in [-0.15, -0.1) is 0 Å². The Balaban J connectivity index is 1.77. The van der Waals surface area contributed by atoms with Crippen LogP contribution < -0.4 is 5.73 Å². The van der Waals surface area contributed by atoms with Crippen LogP contribution in [0.1, 0.15) is 44.6 Å². The lowest BCUT2D eigenvalue weighted by molar-refractivity contribution is 0.126. The van der Waals surface area contributed by atoms with Crippen molar-refractivity contribution in [2.45, 2.75) is 51.5 Å². The van der Waals surface area contributed by atoms with Crippen LogP contribution in [0.5, 0.6) is 0 Å². The molecule has 1 saturated heterocycles. The molecule has 20 heavy (non-hydrogen) atoms. The molecule has 2 heteroatoms. The van der Waals surface area contributed by atoms with E-state index in [1.165, 1.54) is 50.8 Å². The van der Waals surface area contributed by atoms with E-state index >= 15 is 0 Å². The molecule has 1 unspecified atom stereocenters. The van der Waals surface area contributed by atoms with E-state index in [0.29, 0.717) is 6.04 Å². The predicted molar refractivity (Wildman–Crippen MR) is 86.8 cm³/mol. The Morgan fingerprint density at radius 1 is 1.20 bits per heavy atom. The van der Waals surface area contributed by atoms with Crippen molar-refractivity contribution in [3.63, 3.8) is 0 Å². The summed E-state index contributed by atoms with van der Waals surface area (Å²) >= 11 is 0. The van der Waals surface area contributed by atoms with Crippen LogP contribution in [0.15, 0.2) is 30.3 Å². The topological polar surface area (TPSA) is 29.3 Å². The smallest absolute Gasteiger partial charge is 0.0221 e. The van der Waals surface area contributed by atoms with Gasteiger partial charge in [0.2, 0.25) is 0 Å². The van der Waals surface area contributed by atoms with Crippen molar-refractivity contribution >= 4 is 0 Å². The molecule has 0 amide bonds. The summed E-state index contributed by atoms with van der Waals surface area (Å²) in [4.78, 5) is 2.63. The van der Waals surface area contributed by atoms with E-state index in [4.69, 9.17) is 5.73 Å². The summed E-state index contributed by atoms with van der Waals surface area (Å²) in [6.45, 7) is 5.60. The Morgan fingerprint density at radius 3 is 2.50 bits per heavy atom. The summed E-state index contributed by atoms with van der Waals surface area (Å²) in [5, 5.41) is 0. The number of nitrogens with two attached hydrogens (primary N) is 1. The highest BCUT2D eigenvalue weighted by molar-refractivity contribution is 5.14. The Bertz CT molecular complexity index is 355. The Kier molecular flexibility index (Phi) is 6.55. The number of nitrogens with zero attached hydrogens (tertiary/aromatic N) is 1. The van der Waals surface area contributed by atoms with Crippen LogP contribution in [0.4, 0.5) is 0 Å². The molecule has 1 aromatic carbocycles. The summed E-state index contributed by atoms with van der Waals surface area (Å²) in [7, 11) is 0. The lowest BCUT2D eigenvalue weighted by atomic mass is 9.91. The van der Waals surface area contributed by atoms with Gasteiger partial charge in [-0.05, 0) is 50.3 Å². The molecule has 1 aromatic rings. The van der Waals surface area contributed by atoms with Crippen molar-refractivity contribution in [2.75, 3.05) is 19.6 Å². The predicted octanol–water partition coefficient (Wildman–Crippen LogP) is 3.46. The summed E-state index contributed by atoms with van der Waals surface area (Å²) in [5.74, 6) is 0.962. The van der Waals surface area contributed by atoms with E-state index in [1.54, 1.807) is 0 Å². The standard InChI is InChI=1S/C18H30N2/c1-2-6-16-11-13-20(14-12-16)18(15-19)10-9-17-7-4-3-5-8-17/h3-5,7-8,16,18H,2,6,9-15,19H2,1H3. The van der Waals surface area contributed by atoms with Gasteiger partial charge in [-0.2, -0.15) is 0 Å². The van der Waals surface area contributed by atoms with Crippen molar-refractivity contribution in [1.29, 1.82) is 0 Å². The molecule has 112 valence electrons. The molecule has 0 radical (unpaired) electrons. The zero-order chi connectivity index (χ0) is 14.2. The molecule has 1 fully saturated rings. The third kappa shape index (κ3) is 4.60. The summed E-state index contributed by atoms with van der Waals surface area (Å²) in [5.41, 5.74) is 7.46. The molecular weight excluding hydrogens is 244 g/mol. The molecule has 2 N–H and O–H groups in total. The summed E-state index contributed by atoms with van der Waals surface area (Å²) in [6.07, 6.45) is 7.83. The normalized spacial score (nSPS) is 19.1. The minimum Gasteiger partial charge on any atom is -0.329 e. The van der Waals surface area contributed by atoms with Crippen LogP contribution in [0.2, 0.25) is 0 Å². The molecular formula is C18H30N2. The molecule has 0 aromatic heterocycles. The fourth-order valence-electron chi connectivity index (χ4n) is 3.44. The fourth-order valence-corrected chi connectivity index (χ4v) is 3.44. The summed E-state index contributed by atoms with van der Waals surface area (Å²) in [6, 6.07) is 11.4. The van der Waals surface area contributed by atoms with E-state index in [1.807, 2.05) is 0 Å². The second-order valence-electron chi connectivity index (χ2n) is 6.18. The number of piperidine rings is 1. The van der Waals surface area contributed by atoms with Gasteiger partial charge >= 0.3 is 0 Å². The molecule has 0 saturated carbocycles. The van der Waals surface area contributed by atoms with Crippen LogP contribution in [0, 0.1) is 5.92 Å². The molecule has 0 bridgehead atoms. The molecule has 1 aliphatic rings. The fraction of sp³-hybridized carbons (Fsp3) is 0.667. The molecule has 1 aliphatic heterocycles. The van der Waals surface area contributed by atoms with Crippen molar-refractivity contribution in [3.8, 4) is 0 Å². The van der Waals surface area contributed by atoms with Crippen LogP contribution >= 0.6 is 0 Å². The molecule has 0 spiro atoms. The van der Waals surface area contributed by atoms with Gasteiger partial charge in [0, 0.05) is 12.6 Å². The van der Waals surface area contributed by atoms with E-state index < -0.39 is 0 Å². The van der Waals surface area contributed by atoms with Gasteiger partial charge in [-0.3, -0.25) is 4.90 Å². The lowest BCUT2D eigenvalue weighted by Crippen LogP contribution is -2.45. The van der Waals surface area contributed by atoms with Crippen molar-refractivity contribution in [1.82, 2.24) is 4.90 Å². The maximum atomic E-state index is 6.02. The van der Waals surface area contributed by atoms with Crippen LogP contribution in [0.25, 0.3) is 0 Å². The van der Waals surface area contributed by atoms with Crippen LogP contribution in [0.3, 0.4) is 0 Å². The van der Waals surface area contributed by atoms with Gasteiger partial charge in [0.25, 0.3) is 0 Å². The molecule has 1 atom stereocenters. The number of benzene rings is 1. The van der Waals surface area contributed by atoms with E-state index in [0.717, 1.165) is 18.9 Å². The average molecular weight is 274 g/mol. The van der Waals surface area contributed by atoms with Crippen LogP contribution in [-0.2, 0) is 6.42 Å². The number of rotatable bonds is 7. The largest absolute Gasteiger partial charge is 0.329 e. The van der Waals surface area contributed by atoms with Gasteiger partial charge in [0.1, 0.15) is 0 Å². The number of aryl methyl sites for hydroxylation is 1. The Hall–Kier alpha value is -0.860. The third-order valence-corrected chi connectivity index (χ3v) is 4.74. The first-order chi connectivity index (χ1) is 9.83. The van der Waals surface area contributed by atoms with E-state index in [9.17, 15) is 0 Å². The van der Waals surface area contributed by atoms with Gasteiger partial charge in [0.15, 0.2) is 0 Å². The molecule has 2 rings (SSSR count). The highest BCUT2D eigenvalue weighted by Crippen LogP contribution is 2.24. The van der Waals surface area contributed by atoms with Gasteiger partial charge in [0.05, 0.1) is 0 Å². The van der Waals surface area contributed by atoms with Crippen molar-refractivity contribution in [3.05, 3.63) is 35.9 Å². The lowest BCUT2D eigenvalue weighted by Gasteiger charge is -2.37. The van der Waals surface area contributed by atoms with E-state index in [-0.39, 0.29) is 0 Å². The van der Waals surface area contributed by atoms with Gasteiger partial charge < -0.3 is 5.73 Å². The highest BCUT2D eigenvalue weighted by Gasteiger charge is 2.23. The average Bonchev–Trinajstić information content (AvgIpc) is 2.51. The first-order valence-electron chi connectivity index (χ1n) is 8.31. The first-order valence-corrected chi connectivity index (χ1v) is 8.31. The van der Waals surface area contributed by atoms with Crippen molar-refractivity contribution < 1.29 is 0 Å². The minimum atomic E-state index is 0.567. The Morgan fingerprint density at radius 2 is 1.90 bits per heavy atom. The maximum Gasteiger partial charge on any atom is 0.0221 e. The second-order valence-corrected chi connectivity index (χ2v) is 6.18. The van der Waals surface area contributed by atoms with Gasteiger partial charge in [-0.1, -0.05) is 50.1 Å². The minimum absolute atomic E-state index is 0.567. The number of hydrogen-bond acceptors (Lipinski definition) is 2. The number of hydrogen-bond donors (Lipinski definition) is 1. The second kappa shape index (κ2) is 8.43. The molecule has 2 nitrogen and oxygen atoms in total. The van der Waals surface area contributed by atoms with Crippen LogP contribution in [-0.4, -0.2) is 30.6 Å². The Labute approximate surface area is 124 Å². The first kappa shape index (κ1) is 15.5.